The molecule has 0 saturated carbocycles. The summed E-state index contributed by atoms with van der Waals surface area (Å²) in [6.45, 7) is 2.16. The van der Waals surface area contributed by atoms with E-state index in [1.807, 2.05) is 0 Å². The summed E-state index contributed by atoms with van der Waals surface area (Å²) in [5.74, 6) is -2.26. The molecule has 0 aromatic heterocycles. The molecule has 2 aromatic carbocycles. The van der Waals surface area contributed by atoms with Gasteiger partial charge in [0.15, 0.2) is 0 Å². The van der Waals surface area contributed by atoms with E-state index in [9.17, 15) is 14.0 Å². The highest BCUT2D eigenvalue weighted by Gasteiger charge is 2.27. The highest BCUT2D eigenvalue weighted by molar-refractivity contribution is 5.87. The minimum atomic E-state index is -1.01. The molecule has 0 spiro atoms. The quantitative estimate of drug-likeness (QED) is 0.462. The van der Waals surface area contributed by atoms with Crippen LogP contribution in [0.4, 0.5) is 4.39 Å². The Labute approximate surface area is 156 Å². The zero-order chi connectivity index (χ0) is 19.8. The zero-order valence-corrected chi connectivity index (χ0v) is 14.9. The Morgan fingerprint density at radius 1 is 1.11 bits per heavy atom. The van der Waals surface area contributed by atoms with Gasteiger partial charge in [0, 0.05) is 12.5 Å². The van der Waals surface area contributed by atoms with Crippen LogP contribution < -0.4 is 5.48 Å². The van der Waals surface area contributed by atoms with E-state index < -0.39 is 18.0 Å². The maximum Gasteiger partial charge on any atom is 0.335 e. The first-order chi connectivity index (χ1) is 12.9. The lowest BCUT2D eigenvalue weighted by Crippen LogP contribution is -2.31. The molecule has 0 saturated heterocycles. The number of carbonyl (C=O) groups is 2. The molecule has 2 rings (SSSR count). The van der Waals surface area contributed by atoms with Crippen molar-refractivity contribution in [2.75, 3.05) is 6.61 Å². The molecule has 0 aliphatic rings. The van der Waals surface area contributed by atoms with Gasteiger partial charge in [-0.05, 0) is 48.7 Å². The van der Waals surface area contributed by atoms with Crippen LogP contribution >= 0.6 is 0 Å². The number of ether oxygens (including phenoxy) is 1. The van der Waals surface area contributed by atoms with E-state index in [-0.39, 0.29) is 23.7 Å². The first-order valence-electron chi connectivity index (χ1n) is 8.56. The van der Waals surface area contributed by atoms with E-state index in [2.05, 4.69) is 0 Å². The van der Waals surface area contributed by atoms with Gasteiger partial charge in [0.25, 0.3) is 0 Å². The fraction of sp³-hybridized carbons (Fsp3) is 0.300. The average Bonchev–Trinajstić information content (AvgIpc) is 2.67. The monoisotopic (exact) mass is 375 g/mol. The zero-order valence-electron chi connectivity index (χ0n) is 14.9. The molecule has 2 aromatic rings. The number of nitrogens with one attached hydrogen (secondary N) is 1. The van der Waals surface area contributed by atoms with Gasteiger partial charge < -0.3 is 9.84 Å². The van der Waals surface area contributed by atoms with Crippen molar-refractivity contribution >= 4 is 11.9 Å². The summed E-state index contributed by atoms with van der Waals surface area (Å²) in [4.78, 5) is 22.7. The van der Waals surface area contributed by atoms with Crippen LogP contribution in [0.15, 0.2) is 48.5 Å². The fourth-order valence-corrected chi connectivity index (χ4v) is 2.97. The van der Waals surface area contributed by atoms with Crippen LogP contribution in [-0.2, 0) is 16.0 Å². The average molecular weight is 375 g/mol. The smallest absolute Gasteiger partial charge is 0.335 e. The van der Waals surface area contributed by atoms with E-state index in [4.69, 9.17) is 15.1 Å². The van der Waals surface area contributed by atoms with Crippen molar-refractivity contribution in [1.29, 1.82) is 0 Å². The Bertz CT molecular complexity index is 761. The van der Waals surface area contributed by atoms with E-state index in [1.54, 1.807) is 36.7 Å². The third-order valence-corrected chi connectivity index (χ3v) is 4.30. The van der Waals surface area contributed by atoms with Gasteiger partial charge in [-0.15, -0.1) is 0 Å². The number of carboxylic acid groups (broad SMARTS) is 1. The van der Waals surface area contributed by atoms with Crippen LogP contribution in [0, 0.1) is 5.82 Å². The van der Waals surface area contributed by atoms with Crippen molar-refractivity contribution in [2.45, 2.75) is 31.8 Å². The van der Waals surface area contributed by atoms with Crippen molar-refractivity contribution in [3.8, 4) is 0 Å². The molecular formula is C20H22FNO5. The van der Waals surface area contributed by atoms with Crippen LogP contribution in [0.3, 0.4) is 0 Å². The van der Waals surface area contributed by atoms with Gasteiger partial charge in [-0.1, -0.05) is 24.3 Å². The van der Waals surface area contributed by atoms with Crippen LogP contribution in [0.25, 0.3) is 0 Å². The lowest BCUT2D eigenvalue weighted by molar-refractivity contribution is -0.132. The third kappa shape index (κ3) is 5.87. The van der Waals surface area contributed by atoms with E-state index in [0.717, 1.165) is 11.1 Å². The number of benzene rings is 2. The van der Waals surface area contributed by atoms with Gasteiger partial charge in [-0.3, -0.25) is 10.0 Å². The molecule has 1 amide bonds. The molecule has 1 unspecified atom stereocenters. The molecule has 6 nitrogen and oxygen atoms in total. The standard InChI is InChI=1S/C20H22FNO5/c1-2-27-18(12-19(23)22-26)17(14-7-9-16(21)10-8-14)11-13-3-5-15(6-4-13)20(24)25/h3-10,17-18,26H,2,11-12H2,1H3,(H,22,23)(H,24,25)/t17?,18-/m1/s1. The van der Waals surface area contributed by atoms with Gasteiger partial charge in [0.1, 0.15) is 5.82 Å². The maximum absolute atomic E-state index is 13.3. The lowest BCUT2D eigenvalue weighted by Gasteiger charge is -2.27. The van der Waals surface area contributed by atoms with Gasteiger partial charge in [0.05, 0.1) is 18.1 Å². The lowest BCUT2D eigenvalue weighted by atomic mass is 9.85. The Morgan fingerprint density at radius 2 is 1.74 bits per heavy atom. The molecule has 7 heteroatoms. The molecule has 3 N–H and O–H groups in total. The van der Waals surface area contributed by atoms with Gasteiger partial charge >= 0.3 is 5.97 Å². The van der Waals surface area contributed by atoms with Crippen molar-refractivity contribution in [3.63, 3.8) is 0 Å². The van der Waals surface area contributed by atoms with Crippen molar-refractivity contribution in [1.82, 2.24) is 5.48 Å². The number of aromatic carboxylic acids is 1. The molecule has 27 heavy (non-hydrogen) atoms. The number of carboxylic acids is 1. The number of hydrogen-bond donors (Lipinski definition) is 3. The Hall–Kier alpha value is -2.77. The largest absolute Gasteiger partial charge is 0.478 e. The molecule has 2 atom stereocenters. The minimum Gasteiger partial charge on any atom is -0.478 e. The van der Waals surface area contributed by atoms with Gasteiger partial charge in [0.2, 0.25) is 5.91 Å². The molecule has 0 bridgehead atoms. The summed E-state index contributed by atoms with van der Waals surface area (Å²) in [5, 5.41) is 17.9. The Balaban J connectivity index is 2.33. The Kier molecular flexibility index (Phi) is 7.45. The van der Waals surface area contributed by atoms with Crippen molar-refractivity contribution in [3.05, 3.63) is 71.0 Å². The highest BCUT2D eigenvalue weighted by atomic mass is 19.1. The van der Waals surface area contributed by atoms with Crippen molar-refractivity contribution in [2.24, 2.45) is 0 Å². The second-order valence-corrected chi connectivity index (χ2v) is 6.10. The number of carbonyl (C=O) groups excluding carboxylic acids is 1. The molecule has 0 radical (unpaired) electrons. The summed E-state index contributed by atoms with van der Waals surface area (Å²) >= 11 is 0. The van der Waals surface area contributed by atoms with Crippen LogP contribution in [0.5, 0.6) is 0 Å². The number of hydroxylamine groups is 1. The van der Waals surface area contributed by atoms with Gasteiger partial charge in [-0.25, -0.2) is 14.7 Å². The maximum atomic E-state index is 13.3. The summed E-state index contributed by atoms with van der Waals surface area (Å²) in [5.41, 5.74) is 3.42. The SMILES string of the molecule is CCO[C@H](CC(=O)NO)C(Cc1ccc(C(=O)O)cc1)c1ccc(F)cc1. The predicted octanol–water partition coefficient (Wildman–Crippen LogP) is 3.15. The van der Waals surface area contributed by atoms with Gasteiger partial charge in [-0.2, -0.15) is 0 Å². The molecular weight excluding hydrogens is 353 g/mol. The second kappa shape index (κ2) is 9.80. The summed E-state index contributed by atoms with van der Waals surface area (Å²) < 4.78 is 19.1. The second-order valence-electron chi connectivity index (χ2n) is 6.10. The number of halogens is 1. The van der Waals surface area contributed by atoms with Crippen LogP contribution in [0.2, 0.25) is 0 Å². The minimum absolute atomic E-state index is 0.0698. The molecule has 0 fully saturated rings. The number of hydrogen-bond acceptors (Lipinski definition) is 4. The summed E-state index contributed by atoms with van der Waals surface area (Å²) in [6, 6.07) is 12.4. The fourth-order valence-electron chi connectivity index (χ4n) is 2.97. The van der Waals surface area contributed by atoms with E-state index in [1.165, 1.54) is 24.3 Å². The normalized spacial score (nSPS) is 13.0. The van der Waals surface area contributed by atoms with E-state index >= 15 is 0 Å². The topological polar surface area (TPSA) is 95.9 Å². The highest BCUT2D eigenvalue weighted by Crippen LogP contribution is 2.29. The summed E-state index contributed by atoms with van der Waals surface area (Å²) in [6.07, 6.45) is -0.166. The Morgan fingerprint density at radius 3 is 2.26 bits per heavy atom. The first kappa shape index (κ1) is 20.5. The molecule has 144 valence electrons. The van der Waals surface area contributed by atoms with Crippen molar-refractivity contribution < 1.29 is 29.0 Å². The molecule has 0 heterocycles. The van der Waals surface area contributed by atoms with Crippen LogP contribution in [0.1, 0.15) is 40.7 Å². The first-order valence-corrected chi connectivity index (χ1v) is 8.56. The third-order valence-electron chi connectivity index (χ3n) is 4.30. The molecule has 0 aliphatic carbocycles. The number of amides is 1. The van der Waals surface area contributed by atoms with Crippen LogP contribution in [-0.4, -0.2) is 34.9 Å². The number of rotatable bonds is 9. The summed E-state index contributed by atoms with van der Waals surface area (Å²) in [7, 11) is 0. The molecule has 0 aliphatic heterocycles. The van der Waals surface area contributed by atoms with E-state index in [0.29, 0.717) is 13.0 Å². The predicted molar refractivity (Wildman–Crippen MR) is 96.2 cm³/mol.